The summed E-state index contributed by atoms with van der Waals surface area (Å²) in [6.45, 7) is 0. The molecule has 4 rings (SSSR count). The maximum atomic E-state index is 12.9. The molecule has 0 heterocycles. The summed E-state index contributed by atoms with van der Waals surface area (Å²) in [6.07, 6.45) is 0. The van der Waals surface area contributed by atoms with Crippen LogP contribution >= 0.6 is 14.3 Å². The minimum atomic E-state index is -3.09. The average molecular weight is 590 g/mol. The predicted octanol–water partition coefficient (Wildman–Crippen LogP) is 4.27. The Hall–Kier alpha value is -3.16. The fraction of sp³-hybridized carbons (Fsp3) is 0. The first kappa shape index (κ1) is 28.1. The topological polar surface area (TPSA) is 107 Å². The molecule has 0 aliphatic carbocycles. The van der Waals surface area contributed by atoms with E-state index in [4.69, 9.17) is 11.1 Å². The van der Waals surface area contributed by atoms with Gasteiger partial charge in [0.05, 0.1) is 14.3 Å². The summed E-state index contributed by atoms with van der Waals surface area (Å²) >= 11 is 0. The number of hydrogen-bond acceptors (Lipinski definition) is 2. The van der Waals surface area contributed by atoms with E-state index in [1.165, 1.54) is 0 Å². The Morgan fingerprint density at radius 1 is 0.457 bits per heavy atom. The summed E-state index contributed by atoms with van der Waals surface area (Å²) in [5.74, 6) is 4.66. The predicted molar refractivity (Wildman–Crippen MR) is 137 cm³/mol. The summed E-state index contributed by atoms with van der Waals surface area (Å²) in [6, 6.07) is 35.7. The molecule has 35 heavy (non-hydrogen) atoms. The molecule has 179 valence electrons. The van der Waals surface area contributed by atoms with Gasteiger partial charge in [-0.15, -0.1) is 0 Å². The molecule has 0 aromatic heterocycles. The van der Waals surface area contributed by atoms with Gasteiger partial charge in [0.1, 0.15) is 0 Å². The molecule has 0 amide bonds. The van der Waals surface area contributed by atoms with Gasteiger partial charge in [0.2, 0.25) is 0 Å². The molecule has 0 spiro atoms. The van der Waals surface area contributed by atoms with Crippen LogP contribution < -0.4 is 21.2 Å². The van der Waals surface area contributed by atoms with Crippen molar-refractivity contribution in [1.29, 1.82) is 0 Å². The van der Waals surface area contributed by atoms with E-state index in [1.54, 1.807) is 97.1 Å². The molecule has 1 radical (unpaired) electrons. The first-order chi connectivity index (χ1) is 16.5. The van der Waals surface area contributed by atoms with E-state index in [2.05, 4.69) is 21.5 Å². The summed E-state index contributed by atoms with van der Waals surface area (Å²) in [4.78, 5) is 5.69. The van der Waals surface area contributed by atoms with Crippen molar-refractivity contribution in [3.05, 3.63) is 132 Å². The van der Waals surface area contributed by atoms with Crippen molar-refractivity contribution in [3.63, 3.8) is 0 Å². The molecule has 0 saturated carbocycles. The molecule has 0 aliphatic heterocycles. The minimum absolute atomic E-state index is 0. The van der Waals surface area contributed by atoms with E-state index in [-0.39, 0.29) is 22.4 Å². The van der Waals surface area contributed by atoms with Gasteiger partial charge < -0.3 is 29.8 Å². The summed E-state index contributed by atoms with van der Waals surface area (Å²) in [5, 5.41) is 2.40. The van der Waals surface area contributed by atoms with Crippen LogP contribution in [-0.2, 0) is 31.5 Å². The second kappa shape index (κ2) is 13.7. The van der Waals surface area contributed by atoms with Gasteiger partial charge >= 0.3 is 0 Å². The molecule has 4 aromatic rings. The number of hydrogen-bond donors (Lipinski definition) is 0. The van der Waals surface area contributed by atoms with Crippen LogP contribution in [0.2, 0.25) is 0 Å². The second-order valence-corrected chi connectivity index (χ2v) is 11.9. The average Bonchev–Trinajstić information content (AvgIpc) is 2.91. The maximum absolute atomic E-state index is 12.9. The molecule has 0 bridgehead atoms. The van der Waals surface area contributed by atoms with Crippen LogP contribution in [0, 0.1) is 0 Å². The third kappa shape index (κ3) is 6.93. The van der Waals surface area contributed by atoms with Crippen molar-refractivity contribution < 1.29 is 41.1 Å². The van der Waals surface area contributed by atoms with Crippen LogP contribution in [0.25, 0.3) is 11.1 Å². The van der Waals surface area contributed by atoms with Crippen LogP contribution in [0.15, 0.2) is 121 Å². The first-order valence-electron chi connectivity index (χ1n) is 10.2. The van der Waals surface area contributed by atoms with Crippen LogP contribution in [0.1, 0.15) is 0 Å². The Kier molecular flexibility index (Phi) is 11.0. The van der Waals surface area contributed by atoms with Gasteiger partial charge in [-0.3, -0.25) is 0 Å². The number of rotatable bonds is 6. The normalized spacial score (nSPS) is 10.3. The van der Waals surface area contributed by atoms with Crippen LogP contribution in [0.5, 0.6) is 0 Å². The number of benzene rings is 4. The Morgan fingerprint density at radius 2 is 0.657 bits per heavy atom. The molecule has 0 unspecified atom stereocenters. The van der Waals surface area contributed by atoms with Crippen molar-refractivity contribution >= 4 is 47.4 Å². The van der Waals surface area contributed by atoms with Crippen LogP contribution in [0.4, 0.5) is 0 Å². The summed E-state index contributed by atoms with van der Waals surface area (Å²) in [5.41, 5.74) is 17.3. The quantitative estimate of drug-likeness (QED) is 0.0836. The van der Waals surface area contributed by atoms with E-state index in [0.717, 1.165) is 0 Å². The second-order valence-electron chi connectivity index (χ2n) is 6.96. The monoisotopic (exact) mass is 589 g/mol. The zero-order valence-corrected chi connectivity index (χ0v) is 21.6. The van der Waals surface area contributed by atoms with E-state index < -0.39 is 14.3 Å². The molecule has 0 saturated heterocycles. The molecule has 0 N–H and O–H groups in total. The van der Waals surface area contributed by atoms with Gasteiger partial charge in [0.15, 0.2) is 0 Å². The van der Waals surface area contributed by atoms with Crippen LogP contribution in [0.3, 0.4) is 0 Å². The van der Waals surface area contributed by atoms with Crippen molar-refractivity contribution in [2.75, 3.05) is 0 Å². The summed E-state index contributed by atoms with van der Waals surface area (Å²) in [7, 11) is -6.18. The zero-order chi connectivity index (χ0) is 24.3. The summed E-state index contributed by atoms with van der Waals surface area (Å²) < 4.78 is 25.7. The molecular weight excluding hydrogens is 570 g/mol. The molecule has 6 nitrogen and oxygen atoms in total. The molecule has 0 atom stereocenters. The van der Waals surface area contributed by atoms with Crippen molar-refractivity contribution in [1.82, 2.24) is 0 Å². The van der Waals surface area contributed by atoms with Gasteiger partial charge in [-0.2, -0.15) is 0 Å². The van der Waals surface area contributed by atoms with Gasteiger partial charge in [-0.25, -0.2) is 0 Å². The molecule has 4 aromatic carbocycles. The largest absolute Gasteiger partial charge is 0.407 e. The van der Waals surface area contributed by atoms with Gasteiger partial charge in [-0.05, 0) is 21.2 Å². The number of nitrogens with zero attached hydrogens (tertiary/aromatic N) is 4. The van der Waals surface area contributed by atoms with E-state index >= 15 is 0 Å². The standard InChI is InChI=1S/2C13H10N2OP.Ag/c2*14-15-11-17(16,12-7-3-1-4-8-12)13-9-5-2-6-10-13;/h2*1-10H;/q2*-1;. The fourth-order valence-corrected chi connectivity index (χ4v) is 6.88. The van der Waals surface area contributed by atoms with Gasteiger partial charge in [0, 0.05) is 34.3 Å². The van der Waals surface area contributed by atoms with Crippen LogP contribution in [-0.4, -0.2) is 21.5 Å². The Labute approximate surface area is 220 Å². The van der Waals surface area contributed by atoms with Gasteiger partial charge in [0.25, 0.3) is 0 Å². The molecule has 0 aliphatic rings. The maximum Gasteiger partial charge on any atom is 0.0793 e. The smallest absolute Gasteiger partial charge is 0.0793 e. The fourth-order valence-electron chi connectivity index (χ4n) is 3.21. The Morgan fingerprint density at radius 3 is 0.829 bits per heavy atom. The van der Waals surface area contributed by atoms with Crippen molar-refractivity contribution in [3.8, 4) is 0 Å². The van der Waals surface area contributed by atoms with Gasteiger partial charge in [-0.1, -0.05) is 121 Å². The SMILES string of the molecule is [Ag].[N-]=[N+]=[C-]P(=O)(c1ccccc1)c1ccccc1.[N-]=[N+]=[C-]P(=O)(c1ccccc1)c1ccccc1. The first-order valence-corrected chi connectivity index (χ1v) is 13.6. The minimum Gasteiger partial charge on any atom is -0.407 e. The molecule has 0 fully saturated rings. The molecule has 9 heteroatoms. The third-order valence-electron chi connectivity index (χ3n) is 4.85. The van der Waals surface area contributed by atoms with Crippen molar-refractivity contribution in [2.24, 2.45) is 0 Å². The Balaban J connectivity index is 0.000000240. The molecular formula is C26H20AgN4O2P2-2. The third-order valence-corrected chi connectivity index (χ3v) is 9.69. The van der Waals surface area contributed by atoms with Crippen molar-refractivity contribution in [2.45, 2.75) is 0 Å². The van der Waals surface area contributed by atoms with E-state index in [1.807, 2.05) is 24.3 Å². The van der Waals surface area contributed by atoms with E-state index in [0.29, 0.717) is 21.2 Å². The Bertz CT molecular complexity index is 1210. The van der Waals surface area contributed by atoms with E-state index in [9.17, 15) is 9.13 Å². The zero-order valence-electron chi connectivity index (χ0n) is 18.3.